The monoisotopic (exact) mass is 370 g/mol. The number of aromatic nitrogens is 4. The van der Waals surface area contributed by atoms with Crippen LogP contribution in [0.3, 0.4) is 0 Å². The second kappa shape index (κ2) is 6.83. The van der Waals surface area contributed by atoms with Gasteiger partial charge in [0.05, 0.1) is 0 Å². The third-order valence-corrected chi connectivity index (χ3v) is 4.35. The van der Waals surface area contributed by atoms with Gasteiger partial charge in [-0.05, 0) is 29.8 Å². The van der Waals surface area contributed by atoms with Crippen LogP contribution in [-0.2, 0) is 0 Å². The Hall–Kier alpha value is -2.81. The van der Waals surface area contributed by atoms with E-state index < -0.39 is 18.6 Å². The lowest BCUT2D eigenvalue weighted by Gasteiger charge is -2.30. The van der Waals surface area contributed by atoms with Gasteiger partial charge in [0.2, 0.25) is 11.9 Å². The van der Waals surface area contributed by atoms with Gasteiger partial charge in [0.1, 0.15) is 6.17 Å². The summed E-state index contributed by atoms with van der Waals surface area (Å²) < 4.78 is 0. The molecular formula is C17H15ClN6O2. The summed E-state index contributed by atoms with van der Waals surface area (Å²) in [6.07, 6.45) is 3.11. The maximum Gasteiger partial charge on any atom is 0.229 e. The van der Waals surface area contributed by atoms with Crippen molar-refractivity contribution in [2.45, 2.75) is 18.6 Å². The smallest absolute Gasteiger partial charge is 0.229 e. The SMILES string of the molecule is O[C@@H]1[C@@H](O)N(c2ncccn2)C(c2ccc(Cl)cc2)N1c1ncccn1. The van der Waals surface area contributed by atoms with Gasteiger partial charge in [-0.1, -0.05) is 23.7 Å². The van der Waals surface area contributed by atoms with E-state index in [2.05, 4.69) is 19.9 Å². The molecule has 0 spiro atoms. The van der Waals surface area contributed by atoms with E-state index in [-0.39, 0.29) is 11.9 Å². The fourth-order valence-electron chi connectivity index (χ4n) is 2.97. The van der Waals surface area contributed by atoms with Gasteiger partial charge in [-0.25, -0.2) is 19.9 Å². The summed E-state index contributed by atoms with van der Waals surface area (Å²) in [6, 6.07) is 10.5. The van der Waals surface area contributed by atoms with Crippen LogP contribution in [0.1, 0.15) is 11.7 Å². The molecule has 0 saturated carbocycles. The summed E-state index contributed by atoms with van der Waals surface area (Å²) in [7, 11) is 0. The molecule has 9 heteroatoms. The molecule has 132 valence electrons. The maximum absolute atomic E-state index is 10.7. The van der Waals surface area contributed by atoms with Crippen LogP contribution in [0.25, 0.3) is 0 Å². The molecule has 26 heavy (non-hydrogen) atoms. The molecule has 8 nitrogen and oxygen atoms in total. The van der Waals surface area contributed by atoms with Crippen molar-refractivity contribution in [2.24, 2.45) is 0 Å². The van der Waals surface area contributed by atoms with E-state index in [0.29, 0.717) is 5.02 Å². The number of nitrogens with zero attached hydrogens (tertiary/aromatic N) is 6. The second-order valence-electron chi connectivity index (χ2n) is 5.66. The molecule has 2 N–H and O–H groups in total. The van der Waals surface area contributed by atoms with E-state index in [9.17, 15) is 10.2 Å². The van der Waals surface area contributed by atoms with Crippen molar-refractivity contribution in [1.29, 1.82) is 0 Å². The molecule has 2 atom stereocenters. The summed E-state index contributed by atoms with van der Waals surface area (Å²) in [6.45, 7) is 0. The number of hydrogen-bond acceptors (Lipinski definition) is 8. The Balaban J connectivity index is 1.86. The van der Waals surface area contributed by atoms with Crippen molar-refractivity contribution >= 4 is 23.5 Å². The molecule has 1 aliphatic rings. The summed E-state index contributed by atoms with van der Waals surface area (Å²) in [5.41, 5.74) is 0.768. The average molecular weight is 371 g/mol. The molecule has 3 aromatic rings. The molecular weight excluding hydrogens is 356 g/mol. The number of benzene rings is 1. The number of aliphatic hydroxyl groups is 2. The Morgan fingerprint density at radius 3 is 1.58 bits per heavy atom. The van der Waals surface area contributed by atoms with E-state index in [1.54, 1.807) is 49.1 Å². The topological polar surface area (TPSA) is 98.5 Å². The van der Waals surface area contributed by atoms with Gasteiger partial charge in [-0.3, -0.25) is 9.80 Å². The van der Waals surface area contributed by atoms with Crippen molar-refractivity contribution in [3.8, 4) is 0 Å². The summed E-state index contributed by atoms with van der Waals surface area (Å²) in [5, 5.41) is 22.0. The first-order valence-corrected chi connectivity index (χ1v) is 8.27. The zero-order valence-corrected chi connectivity index (χ0v) is 14.2. The molecule has 0 bridgehead atoms. The van der Waals surface area contributed by atoms with Gasteiger partial charge < -0.3 is 10.2 Å². The highest BCUT2D eigenvalue weighted by atomic mass is 35.5. The second-order valence-corrected chi connectivity index (χ2v) is 6.10. The van der Waals surface area contributed by atoms with Gasteiger partial charge in [0, 0.05) is 29.8 Å². The van der Waals surface area contributed by atoms with E-state index in [4.69, 9.17) is 11.6 Å². The van der Waals surface area contributed by atoms with Crippen LogP contribution in [0.2, 0.25) is 5.02 Å². The number of rotatable bonds is 3. The van der Waals surface area contributed by atoms with Crippen molar-refractivity contribution in [3.63, 3.8) is 0 Å². The Bertz CT molecular complexity index is 816. The first kappa shape index (κ1) is 16.6. The third kappa shape index (κ3) is 2.84. The van der Waals surface area contributed by atoms with Crippen LogP contribution in [0, 0.1) is 0 Å². The lowest BCUT2D eigenvalue weighted by atomic mass is 10.1. The molecule has 0 unspecified atom stereocenters. The van der Waals surface area contributed by atoms with Crippen molar-refractivity contribution in [3.05, 3.63) is 71.8 Å². The standard InChI is InChI=1S/C17H15ClN6O2/c18-12-5-3-11(4-6-12)13-23(16-19-7-1-8-20-16)14(25)15(26)24(13)17-21-9-2-10-22-17/h1-10,13-15,25-26H/t14-,15-/m1/s1. The van der Waals surface area contributed by atoms with Crippen LogP contribution < -0.4 is 9.80 Å². The highest BCUT2D eigenvalue weighted by Gasteiger charge is 2.49. The number of anilines is 2. The minimum atomic E-state index is -1.28. The van der Waals surface area contributed by atoms with Crippen molar-refractivity contribution in [2.75, 3.05) is 9.80 Å². The predicted molar refractivity (Wildman–Crippen MR) is 95.2 cm³/mol. The van der Waals surface area contributed by atoms with Crippen molar-refractivity contribution < 1.29 is 10.2 Å². The normalized spacial score (nSPS) is 20.6. The maximum atomic E-state index is 10.7. The van der Waals surface area contributed by atoms with Crippen LogP contribution in [0.5, 0.6) is 0 Å². The minimum Gasteiger partial charge on any atom is -0.369 e. The summed E-state index contributed by atoms with van der Waals surface area (Å²) >= 11 is 6.01. The van der Waals surface area contributed by atoms with Gasteiger partial charge in [0.25, 0.3) is 0 Å². The Morgan fingerprint density at radius 2 is 1.15 bits per heavy atom. The molecule has 4 rings (SSSR count). The van der Waals surface area contributed by atoms with Gasteiger partial charge in [-0.2, -0.15) is 0 Å². The van der Waals surface area contributed by atoms with Gasteiger partial charge >= 0.3 is 0 Å². The van der Waals surface area contributed by atoms with Gasteiger partial charge in [-0.15, -0.1) is 0 Å². The Morgan fingerprint density at radius 1 is 0.731 bits per heavy atom. The molecule has 0 aliphatic carbocycles. The Kier molecular flexibility index (Phi) is 4.37. The zero-order chi connectivity index (χ0) is 18.1. The van der Waals surface area contributed by atoms with E-state index in [1.165, 1.54) is 9.80 Å². The number of hydrogen-bond donors (Lipinski definition) is 2. The molecule has 0 amide bonds. The highest BCUT2D eigenvalue weighted by Crippen LogP contribution is 2.40. The van der Waals surface area contributed by atoms with E-state index in [1.807, 2.05) is 12.1 Å². The largest absolute Gasteiger partial charge is 0.369 e. The van der Waals surface area contributed by atoms with Crippen molar-refractivity contribution in [1.82, 2.24) is 19.9 Å². The van der Waals surface area contributed by atoms with E-state index >= 15 is 0 Å². The summed E-state index contributed by atoms with van der Waals surface area (Å²) in [5.74, 6) is 0.551. The molecule has 2 aromatic heterocycles. The van der Waals surface area contributed by atoms with Gasteiger partial charge in [0.15, 0.2) is 12.5 Å². The average Bonchev–Trinajstić information content (AvgIpc) is 2.95. The quantitative estimate of drug-likeness (QED) is 0.717. The van der Waals surface area contributed by atoms with E-state index in [0.717, 1.165) is 5.56 Å². The minimum absolute atomic E-state index is 0.275. The van der Waals surface area contributed by atoms with Crippen LogP contribution in [0.15, 0.2) is 61.2 Å². The fourth-order valence-corrected chi connectivity index (χ4v) is 3.10. The first-order valence-electron chi connectivity index (χ1n) is 7.89. The molecule has 3 heterocycles. The number of aliphatic hydroxyl groups excluding tert-OH is 2. The van der Waals surface area contributed by atoms with Crippen LogP contribution in [0.4, 0.5) is 11.9 Å². The molecule has 1 aliphatic heterocycles. The van der Waals surface area contributed by atoms with Crippen LogP contribution in [-0.4, -0.2) is 42.6 Å². The first-order chi connectivity index (χ1) is 12.7. The summed E-state index contributed by atoms with van der Waals surface area (Å²) in [4.78, 5) is 19.9. The Labute approximate surface area is 154 Å². The molecule has 0 radical (unpaired) electrons. The molecule has 1 aromatic carbocycles. The highest BCUT2D eigenvalue weighted by molar-refractivity contribution is 6.30. The van der Waals surface area contributed by atoms with Crippen LogP contribution >= 0.6 is 11.6 Å². The predicted octanol–water partition coefficient (Wildman–Crippen LogP) is 1.58. The molecule has 1 fully saturated rings. The third-order valence-electron chi connectivity index (χ3n) is 4.10. The lowest BCUT2D eigenvalue weighted by molar-refractivity contribution is 0.0448. The zero-order valence-electron chi connectivity index (χ0n) is 13.5. The lowest BCUT2D eigenvalue weighted by Crippen LogP contribution is -2.37. The fraction of sp³-hybridized carbons (Fsp3) is 0.176. The number of halogens is 1. The molecule has 1 saturated heterocycles.